The molecule has 1 saturated heterocycles. The number of aliphatic carboxylic acids is 1. The lowest BCUT2D eigenvalue weighted by atomic mass is 9.76. The molecular formula is C17H21NO4S. The van der Waals surface area contributed by atoms with Crippen molar-refractivity contribution in [3.63, 3.8) is 0 Å². The van der Waals surface area contributed by atoms with Crippen LogP contribution in [0.5, 0.6) is 0 Å². The predicted molar refractivity (Wildman–Crippen MR) is 89.8 cm³/mol. The molecule has 3 rings (SSSR count). The Kier molecular flexibility index (Phi) is 3.71. The highest BCUT2D eigenvalue weighted by Gasteiger charge is 2.65. The van der Waals surface area contributed by atoms with Crippen molar-refractivity contribution in [3.8, 4) is 0 Å². The predicted octanol–water partition coefficient (Wildman–Crippen LogP) is 2.61. The second kappa shape index (κ2) is 5.23. The SMILES string of the molecule is CC(C)(C)OC(=O)C1(C(=O)O)CC2CCN=C3C=CC=CC32S1. The van der Waals surface area contributed by atoms with E-state index in [1.807, 2.05) is 24.3 Å². The maximum atomic E-state index is 12.7. The summed E-state index contributed by atoms with van der Waals surface area (Å²) in [7, 11) is 0. The summed E-state index contributed by atoms with van der Waals surface area (Å²) in [5, 5.41) is 9.86. The van der Waals surface area contributed by atoms with E-state index in [9.17, 15) is 14.7 Å². The Labute approximate surface area is 139 Å². The fourth-order valence-electron chi connectivity index (χ4n) is 3.44. The number of carbonyl (C=O) groups is 2. The van der Waals surface area contributed by atoms with Crippen molar-refractivity contribution < 1.29 is 19.4 Å². The standard InChI is InChI=1S/C17H21NO4S/c1-15(2,3)22-14(21)17(13(19)20)10-11-7-9-18-12-6-4-5-8-16(11,12)23-17/h4-6,8,11H,7,9-10H2,1-3H3,(H,19,20). The number of nitrogens with zero attached hydrogens (tertiary/aromatic N) is 1. The van der Waals surface area contributed by atoms with Gasteiger partial charge in [0, 0.05) is 6.54 Å². The molecule has 1 N–H and O–H groups in total. The second-order valence-electron chi connectivity index (χ2n) is 7.20. The van der Waals surface area contributed by atoms with Gasteiger partial charge in [-0.15, -0.1) is 11.8 Å². The van der Waals surface area contributed by atoms with Crippen molar-refractivity contribution in [2.24, 2.45) is 10.9 Å². The third kappa shape index (κ3) is 2.53. The molecule has 0 amide bonds. The van der Waals surface area contributed by atoms with Crippen LogP contribution in [0, 0.1) is 5.92 Å². The zero-order chi connectivity index (χ0) is 16.9. The summed E-state index contributed by atoms with van der Waals surface area (Å²) in [6.07, 6.45) is 8.80. The maximum Gasteiger partial charge on any atom is 0.334 e. The lowest BCUT2D eigenvalue weighted by molar-refractivity contribution is -0.164. The number of aliphatic imine (C=N–C) groups is 1. The smallest absolute Gasteiger partial charge is 0.334 e. The highest BCUT2D eigenvalue weighted by Crippen LogP contribution is 2.59. The summed E-state index contributed by atoms with van der Waals surface area (Å²) in [5.74, 6) is -1.71. The molecule has 124 valence electrons. The Morgan fingerprint density at radius 3 is 2.78 bits per heavy atom. The van der Waals surface area contributed by atoms with Crippen LogP contribution >= 0.6 is 11.8 Å². The summed E-state index contributed by atoms with van der Waals surface area (Å²) < 4.78 is 3.35. The first-order valence-electron chi connectivity index (χ1n) is 7.77. The van der Waals surface area contributed by atoms with Gasteiger partial charge in [0.2, 0.25) is 4.75 Å². The molecule has 0 bridgehead atoms. The summed E-state index contributed by atoms with van der Waals surface area (Å²) in [5.41, 5.74) is 0.151. The van der Waals surface area contributed by atoms with Gasteiger partial charge in [0.25, 0.3) is 0 Å². The number of rotatable bonds is 2. The number of esters is 1. The summed E-state index contributed by atoms with van der Waals surface area (Å²) in [6.45, 7) is 5.93. The minimum Gasteiger partial charge on any atom is -0.480 e. The van der Waals surface area contributed by atoms with Crippen molar-refractivity contribution in [2.45, 2.75) is 48.7 Å². The number of carboxylic acid groups (broad SMARTS) is 1. The second-order valence-corrected chi connectivity index (χ2v) is 8.78. The van der Waals surface area contributed by atoms with E-state index in [1.54, 1.807) is 20.8 Å². The van der Waals surface area contributed by atoms with Crippen LogP contribution in [0.4, 0.5) is 0 Å². The monoisotopic (exact) mass is 335 g/mol. The highest BCUT2D eigenvalue weighted by molar-refractivity contribution is 8.04. The number of carboxylic acids is 1. The van der Waals surface area contributed by atoms with Gasteiger partial charge in [-0.25, -0.2) is 4.79 Å². The molecule has 6 heteroatoms. The fourth-order valence-corrected chi connectivity index (χ4v) is 5.27. The van der Waals surface area contributed by atoms with E-state index in [2.05, 4.69) is 4.99 Å². The molecule has 2 heterocycles. The number of hydrogen-bond acceptors (Lipinski definition) is 5. The van der Waals surface area contributed by atoms with Crippen molar-refractivity contribution in [2.75, 3.05) is 6.54 Å². The van der Waals surface area contributed by atoms with E-state index in [4.69, 9.17) is 4.74 Å². The van der Waals surface area contributed by atoms with Crippen LogP contribution in [0.25, 0.3) is 0 Å². The van der Waals surface area contributed by atoms with Gasteiger partial charge in [-0.2, -0.15) is 0 Å². The largest absolute Gasteiger partial charge is 0.480 e. The summed E-state index contributed by atoms with van der Waals surface area (Å²) in [4.78, 5) is 29.4. The molecule has 0 saturated carbocycles. The van der Waals surface area contributed by atoms with E-state index in [1.165, 1.54) is 11.8 Å². The van der Waals surface area contributed by atoms with Crippen molar-refractivity contribution in [1.29, 1.82) is 0 Å². The number of carbonyl (C=O) groups excluding carboxylic acids is 1. The van der Waals surface area contributed by atoms with Gasteiger partial charge in [0.15, 0.2) is 0 Å². The van der Waals surface area contributed by atoms with Gasteiger partial charge >= 0.3 is 11.9 Å². The quantitative estimate of drug-likeness (QED) is 0.620. The number of hydrogen-bond donors (Lipinski definition) is 1. The average molecular weight is 335 g/mol. The van der Waals surface area contributed by atoms with Crippen LogP contribution in [0.15, 0.2) is 29.3 Å². The Morgan fingerprint density at radius 1 is 1.39 bits per heavy atom. The van der Waals surface area contributed by atoms with Crippen molar-refractivity contribution in [1.82, 2.24) is 0 Å². The molecule has 3 aliphatic rings. The van der Waals surface area contributed by atoms with Gasteiger partial charge in [0.1, 0.15) is 5.60 Å². The molecule has 0 aromatic carbocycles. The zero-order valence-electron chi connectivity index (χ0n) is 13.5. The Balaban J connectivity index is 2.01. The molecule has 5 nitrogen and oxygen atoms in total. The number of ether oxygens (including phenoxy) is 1. The summed E-state index contributed by atoms with van der Waals surface area (Å²) >= 11 is 1.19. The highest BCUT2D eigenvalue weighted by atomic mass is 32.2. The Hall–Kier alpha value is -1.56. The van der Waals surface area contributed by atoms with Gasteiger partial charge in [0.05, 0.1) is 10.5 Å². The maximum absolute atomic E-state index is 12.7. The van der Waals surface area contributed by atoms with E-state index >= 15 is 0 Å². The Morgan fingerprint density at radius 2 is 2.13 bits per heavy atom. The van der Waals surface area contributed by atoms with Crippen LogP contribution in [0.3, 0.4) is 0 Å². The van der Waals surface area contributed by atoms with Gasteiger partial charge < -0.3 is 9.84 Å². The third-order valence-corrected chi connectivity index (χ3v) is 6.30. The average Bonchev–Trinajstić information content (AvgIpc) is 2.80. The topological polar surface area (TPSA) is 76.0 Å². The molecule has 1 spiro atoms. The van der Waals surface area contributed by atoms with E-state index in [-0.39, 0.29) is 12.3 Å². The number of thioether (sulfide) groups is 1. The fraction of sp³-hybridized carbons (Fsp3) is 0.588. The third-order valence-electron chi connectivity index (χ3n) is 4.43. The number of allylic oxidation sites excluding steroid dienone is 3. The van der Waals surface area contributed by atoms with Crippen molar-refractivity contribution >= 4 is 29.4 Å². The lowest BCUT2D eigenvalue weighted by Crippen LogP contribution is -2.46. The Bertz CT molecular complexity index is 645. The molecule has 0 aromatic heterocycles. The van der Waals surface area contributed by atoms with Gasteiger partial charge in [-0.3, -0.25) is 9.79 Å². The molecule has 2 aliphatic heterocycles. The minimum atomic E-state index is -1.57. The van der Waals surface area contributed by atoms with E-state index in [0.29, 0.717) is 6.54 Å². The molecule has 3 unspecified atom stereocenters. The molecule has 1 aliphatic carbocycles. The summed E-state index contributed by atoms with van der Waals surface area (Å²) in [6, 6.07) is 0. The molecule has 0 aromatic rings. The first-order valence-corrected chi connectivity index (χ1v) is 8.59. The van der Waals surface area contributed by atoms with E-state index in [0.717, 1.165) is 12.1 Å². The first-order chi connectivity index (χ1) is 10.7. The molecule has 0 radical (unpaired) electrons. The van der Waals surface area contributed by atoms with Crippen LogP contribution < -0.4 is 0 Å². The molecule has 23 heavy (non-hydrogen) atoms. The molecule has 1 fully saturated rings. The van der Waals surface area contributed by atoms with Crippen LogP contribution in [-0.2, 0) is 14.3 Å². The van der Waals surface area contributed by atoms with Crippen molar-refractivity contribution in [3.05, 3.63) is 24.3 Å². The lowest BCUT2D eigenvalue weighted by Gasteiger charge is -2.36. The minimum absolute atomic E-state index is 0.0739. The van der Waals surface area contributed by atoms with Crippen LogP contribution in [0.1, 0.15) is 33.6 Å². The molecule has 3 atom stereocenters. The van der Waals surface area contributed by atoms with Crippen LogP contribution in [-0.4, -0.2) is 44.4 Å². The normalized spacial score (nSPS) is 35.3. The molecular weight excluding hydrogens is 314 g/mol. The van der Waals surface area contributed by atoms with E-state index < -0.39 is 27.0 Å². The van der Waals surface area contributed by atoms with Gasteiger partial charge in [-0.1, -0.05) is 18.2 Å². The van der Waals surface area contributed by atoms with Gasteiger partial charge in [-0.05, 0) is 45.6 Å². The zero-order valence-corrected chi connectivity index (χ0v) is 14.4. The first kappa shape index (κ1) is 16.3. The van der Waals surface area contributed by atoms with Crippen LogP contribution in [0.2, 0.25) is 0 Å².